The first-order chi connectivity index (χ1) is 10.1. The van der Waals surface area contributed by atoms with Gasteiger partial charge in [-0.15, -0.1) is 0 Å². The highest BCUT2D eigenvalue weighted by atomic mass is 16.5. The van der Waals surface area contributed by atoms with Gasteiger partial charge in [0.15, 0.2) is 5.82 Å². The highest BCUT2D eigenvalue weighted by Gasteiger charge is 2.26. The van der Waals surface area contributed by atoms with Gasteiger partial charge in [-0.25, -0.2) is 0 Å². The maximum Gasteiger partial charge on any atom is 0.226 e. The van der Waals surface area contributed by atoms with Gasteiger partial charge in [0.25, 0.3) is 0 Å². The van der Waals surface area contributed by atoms with Crippen molar-refractivity contribution in [3.63, 3.8) is 0 Å². The Balaban J connectivity index is 1.71. The molecule has 118 valence electrons. The Hall–Kier alpha value is -1.43. The molecule has 6 nitrogen and oxygen atoms in total. The molecular weight excluding hydrogens is 270 g/mol. The van der Waals surface area contributed by atoms with Crippen molar-refractivity contribution in [1.82, 2.24) is 15.0 Å². The lowest BCUT2D eigenvalue weighted by molar-refractivity contribution is -0.135. The number of amides is 1. The Kier molecular flexibility index (Phi) is 5.73. The lowest BCUT2D eigenvalue weighted by Crippen LogP contribution is -2.45. The van der Waals surface area contributed by atoms with Crippen LogP contribution in [0.25, 0.3) is 0 Å². The quantitative estimate of drug-likeness (QED) is 0.862. The molecule has 0 spiro atoms. The van der Waals surface area contributed by atoms with Crippen LogP contribution in [-0.2, 0) is 17.6 Å². The molecule has 1 N–H and O–H groups in total. The summed E-state index contributed by atoms with van der Waals surface area (Å²) in [5, 5.41) is 13.7. The molecule has 2 atom stereocenters. The zero-order chi connectivity index (χ0) is 15.2. The minimum atomic E-state index is -0.393. The molecule has 1 aromatic rings. The predicted molar refractivity (Wildman–Crippen MR) is 77.6 cm³/mol. The lowest BCUT2D eigenvalue weighted by atomic mass is 9.96. The third-order valence-corrected chi connectivity index (χ3v) is 4.04. The average Bonchev–Trinajstić information content (AvgIpc) is 2.90. The van der Waals surface area contributed by atoms with Crippen molar-refractivity contribution < 1.29 is 14.4 Å². The summed E-state index contributed by atoms with van der Waals surface area (Å²) in [5.74, 6) is 1.74. The van der Waals surface area contributed by atoms with Crippen molar-refractivity contribution in [2.45, 2.75) is 58.5 Å². The Bertz CT molecular complexity index is 461. The number of hydrogen-bond donors (Lipinski definition) is 1. The highest BCUT2D eigenvalue weighted by molar-refractivity contribution is 5.76. The first-order valence-corrected chi connectivity index (χ1v) is 7.87. The topological polar surface area (TPSA) is 79.5 Å². The summed E-state index contributed by atoms with van der Waals surface area (Å²) in [6.45, 7) is 5.30. The van der Waals surface area contributed by atoms with Crippen LogP contribution in [0, 0.1) is 5.92 Å². The molecule has 0 aliphatic carbocycles. The van der Waals surface area contributed by atoms with Crippen molar-refractivity contribution >= 4 is 5.91 Å². The fourth-order valence-electron chi connectivity index (χ4n) is 2.54. The van der Waals surface area contributed by atoms with E-state index in [2.05, 4.69) is 17.1 Å². The van der Waals surface area contributed by atoms with Crippen LogP contribution in [-0.4, -0.2) is 45.2 Å². The van der Waals surface area contributed by atoms with E-state index in [1.54, 1.807) is 4.90 Å². The van der Waals surface area contributed by atoms with E-state index in [9.17, 15) is 9.90 Å². The third-order valence-electron chi connectivity index (χ3n) is 4.04. The van der Waals surface area contributed by atoms with E-state index in [1.807, 2.05) is 6.92 Å². The maximum absolute atomic E-state index is 12.1. The predicted octanol–water partition coefficient (Wildman–Crippen LogP) is 1.57. The molecule has 0 radical (unpaired) electrons. The Labute approximate surface area is 125 Å². The minimum Gasteiger partial charge on any atom is -0.391 e. The van der Waals surface area contributed by atoms with E-state index in [4.69, 9.17) is 4.52 Å². The highest BCUT2D eigenvalue weighted by Crippen LogP contribution is 2.18. The number of aromatic nitrogens is 2. The molecule has 0 saturated carbocycles. The van der Waals surface area contributed by atoms with E-state index in [0.717, 1.165) is 31.6 Å². The monoisotopic (exact) mass is 295 g/mol. The number of rotatable bonds is 6. The molecule has 2 unspecified atom stereocenters. The molecule has 0 bridgehead atoms. The normalized spacial score (nSPS) is 22.5. The van der Waals surface area contributed by atoms with E-state index < -0.39 is 6.10 Å². The van der Waals surface area contributed by atoms with Crippen LogP contribution < -0.4 is 0 Å². The molecule has 0 aromatic carbocycles. The molecule has 1 amide bonds. The average molecular weight is 295 g/mol. The van der Waals surface area contributed by atoms with E-state index in [1.165, 1.54) is 0 Å². The maximum atomic E-state index is 12.1. The second kappa shape index (κ2) is 7.54. The molecule has 21 heavy (non-hydrogen) atoms. The number of piperidine rings is 1. The summed E-state index contributed by atoms with van der Waals surface area (Å²) in [6, 6.07) is 0. The number of aliphatic hydroxyl groups excluding tert-OH is 1. The molecule has 2 rings (SSSR count). The van der Waals surface area contributed by atoms with Crippen LogP contribution in [0.5, 0.6) is 0 Å². The van der Waals surface area contributed by atoms with Crippen LogP contribution in [0.3, 0.4) is 0 Å². The number of carbonyl (C=O) groups is 1. The standard InChI is InChI=1S/C15H25N3O3/c1-3-5-13-16-14(21-17-13)6-4-7-15(20)18-9-8-11(2)12(19)10-18/h11-12,19H,3-10H2,1-2H3. The first kappa shape index (κ1) is 15.9. The number of carbonyl (C=O) groups excluding carboxylic acids is 1. The molecule has 1 saturated heterocycles. The fraction of sp³-hybridized carbons (Fsp3) is 0.800. The zero-order valence-electron chi connectivity index (χ0n) is 12.9. The lowest BCUT2D eigenvalue weighted by Gasteiger charge is -2.34. The number of hydrogen-bond acceptors (Lipinski definition) is 5. The molecule has 6 heteroatoms. The van der Waals surface area contributed by atoms with Crippen molar-refractivity contribution in [1.29, 1.82) is 0 Å². The van der Waals surface area contributed by atoms with Crippen molar-refractivity contribution in [2.24, 2.45) is 5.92 Å². The van der Waals surface area contributed by atoms with Gasteiger partial charge in [0.2, 0.25) is 11.8 Å². The van der Waals surface area contributed by atoms with E-state index in [0.29, 0.717) is 31.7 Å². The number of nitrogens with zero attached hydrogens (tertiary/aromatic N) is 3. The molecule has 1 aliphatic heterocycles. The summed E-state index contributed by atoms with van der Waals surface area (Å²) < 4.78 is 5.15. The molecular formula is C15H25N3O3. The molecule has 2 heterocycles. The van der Waals surface area contributed by atoms with Crippen LogP contribution in [0.1, 0.15) is 51.2 Å². The summed E-state index contributed by atoms with van der Waals surface area (Å²) in [7, 11) is 0. The Morgan fingerprint density at radius 3 is 3.00 bits per heavy atom. The smallest absolute Gasteiger partial charge is 0.226 e. The second-order valence-corrected chi connectivity index (χ2v) is 5.88. The second-order valence-electron chi connectivity index (χ2n) is 5.88. The first-order valence-electron chi connectivity index (χ1n) is 7.87. The van der Waals surface area contributed by atoms with Gasteiger partial charge in [0.1, 0.15) is 0 Å². The number of β-amino-alcohol motifs (C(OH)–C–C–N with tert-alkyl or cyclic N) is 1. The van der Waals surface area contributed by atoms with Gasteiger partial charge in [0.05, 0.1) is 6.10 Å². The van der Waals surface area contributed by atoms with Gasteiger partial charge in [-0.2, -0.15) is 4.98 Å². The molecule has 1 aliphatic rings. The van der Waals surface area contributed by atoms with Gasteiger partial charge in [0, 0.05) is 32.4 Å². The molecule has 1 fully saturated rings. The van der Waals surface area contributed by atoms with Crippen molar-refractivity contribution in [3.05, 3.63) is 11.7 Å². The van der Waals surface area contributed by atoms with Crippen molar-refractivity contribution in [2.75, 3.05) is 13.1 Å². The Morgan fingerprint density at radius 2 is 2.29 bits per heavy atom. The number of likely N-dealkylation sites (tertiary alicyclic amines) is 1. The van der Waals surface area contributed by atoms with Gasteiger partial charge in [-0.3, -0.25) is 4.79 Å². The largest absolute Gasteiger partial charge is 0.391 e. The molecule has 1 aromatic heterocycles. The summed E-state index contributed by atoms with van der Waals surface area (Å²) >= 11 is 0. The zero-order valence-corrected chi connectivity index (χ0v) is 12.9. The van der Waals surface area contributed by atoms with E-state index in [-0.39, 0.29) is 11.8 Å². The van der Waals surface area contributed by atoms with Gasteiger partial charge >= 0.3 is 0 Å². The SMILES string of the molecule is CCCc1noc(CCCC(=O)N2CCC(C)C(O)C2)n1. The van der Waals surface area contributed by atoms with Crippen molar-refractivity contribution in [3.8, 4) is 0 Å². The minimum absolute atomic E-state index is 0.106. The number of aliphatic hydroxyl groups is 1. The number of aryl methyl sites for hydroxylation is 2. The van der Waals surface area contributed by atoms with E-state index >= 15 is 0 Å². The Morgan fingerprint density at radius 1 is 1.48 bits per heavy atom. The summed E-state index contributed by atoms with van der Waals surface area (Å²) in [5.41, 5.74) is 0. The van der Waals surface area contributed by atoms with Gasteiger partial charge in [-0.05, 0) is 25.2 Å². The van der Waals surface area contributed by atoms with Gasteiger partial charge in [-0.1, -0.05) is 19.0 Å². The van der Waals surface area contributed by atoms with Gasteiger partial charge < -0.3 is 14.5 Å². The van der Waals surface area contributed by atoms with Crippen LogP contribution >= 0.6 is 0 Å². The van der Waals surface area contributed by atoms with Crippen LogP contribution in [0.15, 0.2) is 4.52 Å². The van der Waals surface area contributed by atoms with Crippen LogP contribution in [0.2, 0.25) is 0 Å². The third kappa shape index (κ3) is 4.52. The van der Waals surface area contributed by atoms with Crippen LogP contribution in [0.4, 0.5) is 0 Å². The fourth-order valence-corrected chi connectivity index (χ4v) is 2.54. The summed E-state index contributed by atoms with van der Waals surface area (Å²) in [6.07, 6.45) is 4.10. The summed E-state index contributed by atoms with van der Waals surface area (Å²) in [4.78, 5) is 18.1.